The number of hydrogen-bond donors (Lipinski definition) is 1. The third kappa shape index (κ3) is 4.65. The Bertz CT molecular complexity index is 746. The van der Waals surface area contributed by atoms with Gasteiger partial charge in [0.05, 0.1) is 36.8 Å². The second kappa shape index (κ2) is 8.75. The number of carbonyl (C=O) groups excluding carboxylic acids is 1. The SMILES string of the molecule is C#CCNC(=O)CSc1ncc(-c2ccccc2)n1CC1CCCO1. The largest absolute Gasteiger partial charge is 0.376 e. The second-order valence-corrected chi connectivity index (χ2v) is 6.75. The molecule has 1 fully saturated rings. The standard InChI is InChI=1S/C19H21N3O2S/c1-2-10-20-18(23)14-25-19-21-12-17(15-7-4-3-5-8-15)22(19)13-16-9-6-11-24-16/h1,3-5,7-8,12,16H,6,9-11,13-14H2,(H,20,23). The summed E-state index contributed by atoms with van der Waals surface area (Å²) in [6, 6.07) is 10.2. The Balaban J connectivity index is 1.78. The van der Waals surface area contributed by atoms with Crippen molar-refractivity contribution in [3.05, 3.63) is 36.5 Å². The molecule has 1 aromatic heterocycles. The van der Waals surface area contributed by atoms with E-state index in [0.717, 1.165) is 42.4 Å². The van der Waals surface area contributed by atoms with Gasteiger partial charge in [-0.25, -0.2) is 4.98 Å². The molecule has 130 valence electrons. The van der Waals surface area contributed by atoms with Crippen molar-refractivity contribution in [1.29, 1.82) is 0 Å². The quantitative estimate of drug-likeness (QED) is 0.613. The number of rotatable bonds is 7. The maximum Gasteiger partial charge on any atom is 0.231 e. The highest BCUT2D eigenvalue weighted by Gasteiger charge is 2.21. The molecule has 1 unspecified atom stereocenters. The summed E-state index contributed by atoms with van der Waals surface area (Å²) in [6.07, 6.45) is 9.38. The van der Waals surface area contributed by atoms with Crippen molar-refractivity contribution >= 4 is 17.7 Å². The fraction of sp³-hybridized carbons (Fsp3) is 0.368. The van der Waals surface area contributed by atoms with Gasteiger partial charge in [-0.3, -0.25) is 4.79 Å². The third-order valence-corrected chi connectivity index (χ3v) is 5.01. The number of imidazole rings is 1. The van der Waals surface area contributed by atoms with Gasteiger partial charge in [0.2, 0.25) is 5.91 Å². The predicted octanol–water partition coefficient (Wildman–Crippen LogP) is 2.57. The number of terminal acetylenes is 1. The molecular formula is C19H21N3O2S. The van der Waals surface area contributed by atoms with Gasteiger partial charge in [-0.1, -0.05) is 48.0 Å². The van der Waals surface area contributed by atoms with Crippen LogP contribution in [0.2, 0.25) is 0 Å². The van der Waals surface area contributed by atoms with Crippen LogP contribution >= 0.6 is 11.8 Å². The van der Waals surface area contributed by atoms with E-state index in [-0.39, 0.29) is 18.6 Å². The third-order valence-electron chi connectivity index (χ3n) is 4.02. The molecule has 0 radical (unpaired) electrons. The first kappa shape index (κ1) is 17.6. The summed E-state index contributed by atoms with van der Waals surface area (Å²) < 4.78 is 7.95. The maximum atomic E-state index is 11.8. The molecule has 1 aromatic carbocycles. The zero-order valence-corrected chi connectivity index (χ0v) is 14.8. The molecule has 1 amide bonds. The molecule has 1 saturated heterocycles. The van der Waals surface area contributed by atoms with E-state index in [1.807, 2.05) is 24.4 Å². The number of nitrogens with zero attached hydrogens (tertiary/aromatic N) is 2. The van der Waals surface area contributed by atoms with Gasteiger partial charge < -0.3 is 14.6 Å². The number of aromatic nitrogens is 2. The van der Waals surface area contributed by atoms with Crippen molar-refractivity contribution in [3.8, 4) is 23.6 Å². The molecule has 1 aliphatic rings. The Labute approximate surface area is 152 Å². The fourth-order valence-corrected chi connectivity index (χ4v) is 3.63. The molecule has 5 nitrogen and oxygen atoms in total. The summed E-state index contributed by atoms with van der Waals surface area (Å²) in [5.41, 5.74) is 2.15. The molecule has 3 rings (SSSR count). The zero-order valence-electron chi connectivity index (χ0n) is 14.0. The highest BCUT2D eigenvalue weighted by molar-refractivity contribution is 7.99. The minimum Gasteiger partial charge on any atom is -0.376 e. The summed E-state index contributed by atoms with van der Waals surface area (Å²) in [5, 5.41) is 3.50. The monoisotopic (exact) mass is 355 g/mol. The van der Waals surface area contributed by atoms with Crippen molar-refractivity contribution in [2.24, 2.45) is 0 Å². The highest BCUT2D eigenvalue weighted by Crippen LogP contribution is 2.28. The molecule has 0 spiro atoms. The van der Waals surface area contributed by atoms with Crippen LogP contribution in [0.3, 0.4) is 0 Å². The Morgan fingerprint density at radius 2 is 2.28 bits per heavy atom. The molecule has 0 bridgehead atoms. The van der Waals surface area contributed by atoms with Gasteiger partial charge >= 0.3 is 0 Å². The number of thioether (sulfide) groups is 1. The van der Waals surface area contributed by atoms with Gasteiger partial charge in [0.1, 0.15) is 0 Å². The van der Waals surface area contributed by atoms with Crippen molar-refractivity contribution < 1.29 is 9.53 Å². The molecule has 1 aliphatic heterocycles. The lowest BCUT2D eigenvalue weighted by atomic mass is 10.1. The molecule has 6 heteroatoms. The van der Waals surface area contributed by atoms with Gasteiger partial charge in [0, 0.05) is 6.61 Å². The zero-order chi connectivity index (χ0) is 17.5. The van der Waals surface area contributed by atoms with Crippen LogP contribution in [0.4, 0.5) is 0 Å². The number of nitrogens with one attached hydrogen (secondary N) is 1. The summed E-state index contributed by atoms with van der Waals surface area (Å²) in [4.78, 5) is 16.4. The Hall–Kier alpha value is -2.23. The van der Waals surface area contributed by atoms with E-state index in [9.17, 15) is 4.79 Å². The van der Waals surface area contributed by atoms with Crippen LogP contribution in [-0.2, 0) is 16.1 Å². The van der Waals surface area contributed by atoms with Gasteiger partial charge in [-0.15, -0.1) is 6.42 Å². The maximum absolute atomic E-state index is 11.8. The minimum absolute atomic E-state index is 0.0872. The van der Waals surface area contributed by atoms with Crippen molar-refractivity contribution in [1.82, 2.24) is 14.9 Å². The van der Waals surface area contributed by atoms with E-state index >= 15 is 0 Å². The molecule has 1 N–H and O–H groups in total. The van der Waals surface area contributed by atoms with Gasteiger partial charge in [0.15, 0.2) is 5.16 Å². The van der Waals surface area contributed by atoms with Crippen LogP contribution in [0.1, 0.15) is 12.8 Å². The first-order valence-electron chi connectivity index (χ1n) is 8.33. The van der Waals surface area contributed by atoms with E-state index in [0.29, 0.717) is 5.75 Å². The smallest absolute Gasteiger partial charge is 0.231 e. The summed E-state index contributed by atoms with van der Waals surface area (Å²) in [5.74, 6) is 2.61. The number of hydrogen-bond acceptors (Lipinski definition) is 4. The van der Waals surface area contributed by atoms with Gasteiger partial charge in [-0.2, -0.15) is 0 Å². The van der Waals surface area contributed by atoms with E-state index in [2.05, 4.69) is 32.9 Å². The fourth-order valence-electron chi connectivity index (χ4n) is 2.81. The lowest BCUT2D eigenvalue weighted by Crippen LogP contribution is -2.25. The van der Waals surface area contributed by atoms with Crippen LogP contribution in [0.15, 0.2) is 41.7 Å². The minimum atomic E-state index is -0.0872. The molecule has 0 aliphatic carbocycles. The number of carbonyl (C=O) groups is 1. The van der Waals surface area contributed by atoms with Crippen molar-refractivity contribution in [2.75, 3.05) is 18.9 Å². The van der Waals surface area contributed by atoms with E-state index in [1.54, 1.807) is 0 Å². The lowest BCUT2D eigenvalue weighted by molar-refractivity contribution is -0.118. The lowest BCUT2D eigenvalue weighted by Gasteiger charge is -2.16. The summed E-state index contributed by atoms with van der Waals surface area (Å²) in [7, 11) is 0. The highest BCUT2D eigenvalue weighted by atomic mass is 32.2. The normalized spacial score (nSPS) is 16.5. The molecule has 2 aromatic rings. The molecule has 2 heterocycles. The van der Waals surface area contributed by atoms with Crippen LogP contribution in [-0.4, -0.2) is 40.5 Å². The molecular weight excluding hydrogens is 334 g/mol. The molecule has 25 heavy (non-hydrogen) atoms. The van der Waals surface area contributed by atoms with Gasteiger partial charge in [0.25, 0.3) is 0 Å². The van der Waals surface area contributed by atoms with Crippen molar-refractivity contribution in [3.63, 3.8) is 0 Å². The Kier molecular flexibility index (Phi) is 6.15. The number of amides is 1. The first-order chi connectivity index (χ1) is 12.3. The first-order valence-corrected chi connectivity index (χ1v) is 9.32. The number of benzene rings is 1. The van der Waals surface area contributed by atoms with Crippen LogP contribution in [0.25, 0.3) is 11.3 Å². The second-order valence-electron chi connectivity index (χ2n) is 5.81. The topological polar surface area (TPSA) is 56.2 Å². The van der Waals surface area contributed by atoms with Crippen molar-refractivity contribution in [2.45, 2.75) is 30.6 Å². The molecule has 1 atom stereocenters. The van der Waals surface area contributed by atoms with Gasteiger partial charge in [-0.05, 0) is 18.4 Å². The Morgan fingerprint density at radius 3 is 3.00 bits per heavy atom. The molecule has 0 saturated carbocycles. The van der Waals surface area contributed by atoms with Crippen LogP contribution in [0.5, 0.6) is 0 Å². The Morgan fingerprint density at radius 1 is 1.44 bits per heavy atom. The summed E-state index contributed by atoms with van der Waals surface area (Å²) in [6.45, 7) is 1.81. The van der Waals surface area contributed by atoms with E-state index in [1.165, 1.54) is 11.8 Å². The van der Waals surface area contributed by atoms with E-state index < -0.39 is 0 Å². The average molecular weight is 355 g/mol. The van der Waals surface area contributed by atoms with E-state index in [4.69, 9.17) is 11.2 Å². The number of ether oxygens (including phenoxy) is 1. The predicted molar refractivity (Wildman–Crippen MR) is 99.2 cm³/mol. The summed E-state index contributed by atoms with van der Waals surface area (Å²) >= 11 is 1.42. The van der Waals surface area contributed by atoms with Crippen LogP contribution < -0.4 is 5.32 Å². The average Bonchev–Trinajstić information content (AvgIpc) is 3.29. The van der Waals surface area contributed by atoms with Crippen LogP contribution in [0, 0.1) is 12.3 Å².